The zero-order chi connectivity index (χ0) is 19.7. The van der Waals surface area contributed by atoms with Crippen molar-refractivity contribution in [3.8, 4) is 5.75 Å². The maximum atomic E-state index is 14.3. The van der Waals surface area contributed by atoms with Gasteiger partial charge in [-0.15, -0.1) is 0 Å². The lowest BCUT2D eigenvalue weighted by Gasteiger charge is -2.41. The number of rotatable bonds is 0. The molecule has 4 rings (SSSR count). The van der Waals surface area contributed by atoms with E-state index in [0.29, 0.717) is 6.42 Å². The standard InChI is InChI=1S/C17H18ClF2N3O4/c1-16(2,3)27-15(25)22-4-5-23-14(24)9-11(10(19)12(18)21-13(9)20)26-8-6-17(8,23)7-22/h8H,4-7H2,1-3H3. The van der Waals surface area contributed by atoms with Crippen molar-refractivity contribution in [3.63, 3.8) is 0 Å². The van der Waals surface area contributed by atoms with Crippen molar-refractivity contribution in [3.05, 3.63) is 22.5 Å². The first kappa shape index (κ1) is 18.2. The van der Waals surface area contributed by atoms with Crippen LogP contribution < -0.4 is 4.74 Å². The van der Waals surface area contributed by atoms with E-state index in [0.717, 1.165) is 0 Å². The summed E-state index contributed by atoms with van der Waals surface area (Å²) in [5.41, 5.74) is -2.05. The smallest absolute Gasteiger partial charge is 0.410 e. The largest absolute Gasteiger partial charge is 0.484 e. The van der Waals surface area contributed by atoms with Crippen molar-refractivity contribution in [2.45, 2.75) is 44.4 Å². The molecule has 3 heterocycles. The van der Waals surface area contributed by atoms with E-state index in [-0.39, 0.29) is 19.6 Å². The highest BCUT2D eigenvalue weighted by molar-refractivity contribution is 6.29. The number of aromatic nitrogens is 1. The predicted octanol–water partition coefficient (Wildman–Crippen LogP) is 2.61. The average molecular weight is 402 g/mol. The summed E-state index contributed by atoms with van der Waals surface area (Å²) in [4.78, 5) is 31.5. The maximum Gasteiger partial charge on any atom is 0.410 e. The summed E-state index contributed by atoms with van der Waals surface area (Å²) in [6.07, 6.45) is -0.669. The number of ether oxygens (including phenoxy) is 2. The highest BCUT2D eigenvalue weighted by atomic mass is 35.5. The van der Waals surface area contributed by atoms with Crippen LogP contribution in [0.25, 0.3) is 0 Å². The summed E-state index contributed by atoms with van der Waals surface area (Å²) in [7, 11) is 0. The van der Waals surface area contributed by atoms with Crippen LogP contribution in [0.15, 0.2) is 0 Å². The first-order valence-corrected chi connectivity index (χ1v) is 8.92. The number of nitrogens with zero attached hydrogens (tertiary/aromatic N) is 3. The van der Waals surface area contributed by atoms with Crippen LogP contribution in [0.2, 0.25) is 5.15 Å². The van der Waals surface area contributed by atoms with E-state index in [2.05, 4.69) is 4.98 Å². The fraction of sp³-hybridized carbons (Fsp3) is 0.588. The monoisotopic (exact) mass is 401 g/mol. The zero-order valence-corrected chi connectivity index (χ0v) is 15.8. The number of carbonyl (C=O) groups excluding carboxylic acids is 2. The molecular weight excluding hydrogens is 384 g/mol. The Morgan fingerprint density at radius 2 is 2.07 bits per heavy atom. The Kier molecular flexibility index (Phi) is 3.82. The third-order valence-corrected chi connectivity index (χ3v) is 5.21. The molecule has 1 aliphatic carbocycles. The third-order valence-electron chi connectivity index (χ3n) is 4.95. The molecule has 2 fully saturated rings. The van der Waals surface area contributed by atoms with Crippen molar-refractivity contribution in [2.24, 2.45) is 0 Å². The molecule has 0 bridgehead atoms. The second-order valence-corrected chi connectivity index (χ2v) is 8.34. The van der Waals surface area contributed by atoms with E-state index in [9.17, 15) is 18.4 Å². The van der Waals surface area contributed by atoms with Crippen molar-refractivity contribution in [1.29, 1.82) is 0 Å². The zero-order valence-electron chi connectivity index (χ0n) is 15.0. The molecule has 0 radical (unpaired) electrons. The average Bonchev–Trinajstić information content (AvgIpc) is 3.23. The Hall–Kier alpha value is -2.16. The Morgan fingerprint density at radius 1 is 1.37 bits per heavy atom. The number of carbonyl (C=O) groups is 2. The molecule has 1 spiro atoms. The highest BCUT2D eigenvalue weighted by Crippen LogP contribution is 2.51. The third kappa shape index (κ3) is 2.79. The molecule has 1 saturated carbocycles. The quantitative estimate of drug-likeness (QED) is 0.625. The normalized spacial score (nSPS) is 26.4. The highest BCUT2D eigenvalue weighted by Gasteiger charge is 2.67. The predicted molar refractivity (Wildman–Crippen MR) is 89.8 cm³/mol. The molecule has 2 atom stereocenters. The second kappa shape index (κ2) is 5.67. The Bertz CT molecular complexity index is 860. The van der Waals surface area contributed by atoms with Gasteiger partial charge in [-0.2, -0.15) is 8.78 Å². The van der Waals surface area contributed by atoms with Gasteiger partial charge in [0.05, 0.1) is 6.54 Å². The van der Waals surface area contributed by atoms with Crippen molar-refractivity contribution >= 4 is 23.6 Å². The van der Waals surface area contributed by atoms with Crippen molar-refractivity contribution in [2.75, 3.05) is 19.6 Å². The van der Waals surface area contributed by atoms with Crippen molar-refractivity contribution < 1.29 is 27.8 Å². The number of hydrogen-bond donors (Lipinski definition) is 0. The summed E-state index contributed by atoms with van der Waals surface area (Å²) in [5.74, 6) is -3.47. The molecule has 3 aliphatic rings. The first-order chi connectivity index (χ1) is 12.5. The molecule has 2 unspecified atom stereocenters. The second-order valence-electron chi connectivity index (χ2n) is 7.98. The number of piperazine rings is 1. The molecule has 1 saturated heterocycles. The lowest BCUT2D eigenvalue weighted by molar-refractivity contribution is -0.00323. The summed E-state index contributed by atoms with van der Waals surface area (Å²) in [5, 5.41) is -0.691. The van der Waals surface area contributed by atoms with Crippen LogP contribution in [0.4, 0.5) is 13.6 Å². The fourth-order valence-corrected chi connectivity index (χ4v) is 3.81. The summed E-state index contributed by atoms with van der Waals surface area (Å²) >= 11 is 5.59. The van der Waals surface area contributed by atoms with E-state index in [1.54, 1.807) is 20.8 Å². The first-order valence-electron chi connectivity index (χ1n) is 8.54. The summed E-state index contributed by atoms with van der Waals surface area (Å²) in [6, 6.07) is 0. The van der Waals surface area contributed by atoms with Crippen LogP contribution in [0.1, 0.15) is 37.6 Å². The van der Waals surface area contributed by atoms with Crippen molar-refractivity contribution in [1.82, 2.24) is 14.8 Å². The lowest BCUT2D eigenvalue weighted by atomic mass is 10.1. The molecule has 1 aromatic heterocycles. The summed E-state index contributed by atoms with van der Waals surface area (Å²) in [6.45, 7) is 5.82. The van der Waals surface area contributed by atoms with Crippen LogP contribution in [-0.4, -0.2) is 63.7 Å². The van der Waals surface area contributed by atoms with Gasteiger partial charge in [0.25, 0.3) is 5.91 Å². The SMILES string of the molecule is CC(C)(C)OC(=O)N1CCN2C(=O)c3c(F)nc(Cl)c(F)c3OC3CC32C1. The lowest BCUT2D eigenvalue weighted by Crippen LogP contribution is -2.60. The Morgan fingerprint density at radius 3 is 2.74 bits per heavy atom. The van der Waals surface area contributed by atoms with Crippen LogP contribution >= 0.6 is 11.6 Å². The molecule has 27 heavy (non-hydrogen) atoms. The van der Waals surface area contributed by atoms with E-state index in [1.807, 2.05) is 0 Å². The topological polar surface area (TPSA) is 72.0 Å². The molecule has 0 aromatic carbocycles. The minimum Gasteiger partial charge on any atom is -0.484 e. The minimum absolute atomic E-state index is 0.154. The van der Waals surface area contributed by atoms with Crippen LogP contribution in [0, 0.1) is 11.8 Å². The van der Waals surface area contributed by atoms with Gasteiger partial charge in [0.2, 0.25) is 11.8 Å². The number of fused-ring (bicyclic) bond motifs is 1. The molecule has 2 amide bonds. The van der Waals surface area contributed by atoms with Gasteiger partial charge in [0, 0.05) is 19.5 Å². The van der Waals surface area contributed by atoms with E-state index in [1.165, 1.54) is 9.80 Å². The number of amides is 2. The molecule has 10 heteroatoms. The molecule has 2 aliphatic heterocycles. The van der Waals surface area contributed by atoms with Gasteiger partial charge in [-0.25, -0.2) is 9.78 Å². The number of hydrogen-bond acceptors (Lipinski definition) is 5. The van der Waals surface area contributed by atoms with E-state index in [4.69, 9.17) is 21.1 Å². The van der Waals surface area contributed by atoms with Gasteiger partial charge in [-0.1, -0.05) is 11.6 Å². The van der Waals surface area contributed by atoms with Gasteiger partial charge in [0.1, 0.15) is 22.8 Å². The summed E-state index contributed by atoms with van der Waals surface area (Å²) < 4.78 is 39.6. The van der Waals surface area contributed by atoms with Gasteiger partial charge in [0.15, 0.2) is 10.9 Å². The molecule has 0 N–H and O–H groups in total. The minimum atomic E-state index is -1.17. The van der Waals surface area contributed by atoms with Crippen LogP contribution in [-0.2, 0) is 4.74 Å². The Labute approximate surface area is 159 Å². The molecule has 1 aromatic rings. The van der Waals surface area contributed by atoms with Gasteiger partial charge >= 0.3 is 6.09 Å². The van der Waals surface area contributed by atoms with Crippen LogP contribution in [0.3, 0.4) is 0 Å². The maximum absolute atomic E-state index is 14.3. The number of pyridine rings is 1. The van der Waals surface area contributed by atoms with Crippen LogP contribution in [0.5, 0.6) is 5.75 Å². The molecule has 7 nitrogen and oxygen atoms in total. The molecular formula is C17H18ClF2N3O4. The van der Waals surface area contributed by atoms with Gasteiger partial charge in [-0.05, 0) is 20.8 Å². The Balaban J connectivity index is 1.65. The number of halogens is 3. The fourth-order valence-electron chi connectivity index (χ4n) is 3.65. The van der Waals surface area contributed by atoms with Gasteiger partial charge in [-0.3, -0.25) is 4.79 Å². The molecule has 146 valence electrons. The van der Waals surface area contributed by atoms with E-state index >= 15 is 0 Å². The van der Waals surface area contributed by atoms with Gasteiger partial charge < -0.3 is 19.3 Å². The van der Waals surface area contributed by atoms with E-state index < -0.39 is 57.5 Å².